The summed E-state index contributed by atoms with van der Waals surface area (Å²) >= 11 is 0. The fraction of sp³-hybridized carbons (Fsp3) is 0.452. The van der Waals surface area contributed by atoms with Gasteiger partial charge < -0.3 is 23.7 Å². The summed E-state index contributed by atoms with van der Waals surface area (Å²) in [6.07, 6.45) is 1.25. The summed E-state index contributed by atoms with van der Waals surface area (Å²) in [7, 11) is 6.30. The van der Waals surface area contributed by atoms with Gasteiger partial charge in [-0.15, -0.1) is 0 Å². The van der Waals surface area contributed by atoms with Crippen LogP contribution in [-0.4, -0.2) is 52.0 Å². The summed E-state index contributed by atoms with van der Waals surface area (Å²) < 4.78 is 28.0. The average Bonchev–Trinajstić information content (AvgIpc) is 2.94. The monoisotopic (exact) mass is 535 g/mol. The highest BCUT2D eigenvalue weighted by atomic mass is 16.5. The maximum Gasteiger partial charge on any atom is 0.315 e. The molecule has 0 radical (unpaired) electrons. The van der Waals surface area contributed by atoms with E-state index in [1.54, 1.807) is 34.5 Å². The molecule has 4 atom stereocenters. The van der Waals surface area contributed by atoms with Gasteiger partial charge in [0.2, 0.25) is 0 Å². The Balaban J connectivity index is 1.84. The number of rotatable bonds is 9. The second-order valence-electron chi connectivity index (χ2n) is 9.95. The van der Waals surface area contributed by atoms with Gasteiger partial charge >= 0.3 is 5.97 Å². The van der Waals surface area contributed by atoms with Crippen molar-refractivity contribution in [2.24, 2.45) is 10.9 Å². The summed E-state index contributed by atoms with van der Waals surface area (Å²) in [4.78, 5) is 32.4. The van der Waals surface area contributed by atoms with Crippen LogP contribution in [0.1, 0.15) is 63.0 Å². The average molecular weight is 536 g/mol. The molecule has 39 heavy (non-hydrogen) atoms. The third kappa shape index (κ3) is 5.37. The van der Waals surface area contributed by atoms with Crippen molar-refractivity contribution in [3.63, 3.8) is 0 Å². The minimum absolute atomic E-state index is 0.0523. The number of para-hydroxylation sites is 1. The van der Waals surface area contributed by atoms with Gasteiger partial charge in [0, 0.05) is 34.9 Å². The Labute approximate surface area is 230 Å². The van der Waals surface area contributed by atoms with Crippen LogP contribution in [-0.2, 0) is 14.3 Å². The molecule has 1 heterocycles. The van der Waals surface area contributed by atoms with E-state index >= 15 is 0 Å². The van der Waals surface area contributed by atoms with E-state index in [0.717, 1.165) is 5.56 Å². The van der Waals surface area contributed by atoms with Crippen molar-refractivity contribution in [3.05, 3.63) is 58.8 Å². The van der Waals surface area contributed by atoms with Gasteiger partial charge in [0.1, 0.15) is 5.92 Å². The smallest absolute Gasteiger partial charge is 0.315 e. The molecule has 0 saturated heterocycles. The summed E-state index contributed by atoms with van der Waals surface area (Å²) in [5.41, 5.74) is 3.50. The minimum Gasteiger partial charge on any atom is -0.493 e. The standard InChI is InChI=1S/C31H37NO7/c1-8-17(2)39-31(34)27-18(3)32-22-14-20(19-12-13-24(35-4)26(16-19)37-6)15-23(33)29(22)28(27)21-10-9-11-25(36-5)30(21)38-7/h9-13,16-17,20,27-28H,8,14-15H2,1-7H3/t17-,20-,27?,28+/m1/s1. The van der Waals surface area contributed by atoms with Crippen molar-refractivity contribution < 1.29 is 33.3 Å². The van der Waals surface area contributed by atoms with Crippen molar-refractivity contribution in [1.29, 1.82) is 0 Å². The lowest BCUT2D eigenvalue weighted by Crippen LogP contribution is -2.39. The van der Waals surface area contributed by atoms with Crippen molar-refractivity contribution >= 4 is 17.5 Å². The highest BCUT2D eigenvalue weighted by Crippen LogP contribution is 2.50. The van der Waals surface area contributed by atoms with Crippen LogP contribution in [0.4, 0.5) is 0 Å². The van der Waals surface area contributed by atoms with Gasteiger partial charge in [0.05, 0.1) is 34.5 Å². The molecule has 0 saturated carbocycles. The fourth-order valence-corrected chi connectivity index (χ4v) is 5.56. The maximum absolute atomic E-state index is 14.0. The zero-order chi connectivity index (χ0) is 28.3. The zero-order valence-electron chi connectivity index (χ0n) is 23.7. The van der Waals surface area contributed by atoms with Crippen molar-refractivity contribution in [1.82, 2.24) is 0 Å². The highest BCUT2D eigenvalue weighted by Gasteiger charge is 2.46. The van der Waals surface area contributed by atoms with E-state index < -0.39 is 17.8 Å². The first-order chi connectivity index (χ1) is 18.8. The Morgan fingerprint density at radius 2 is 1.69 bits per heavy atom. The molecule has 0 amide bonds. The van der Waals surface area contributed by atoms with E-state index in [-0.39, 0.29) is 24.2 Å². The number of allylic oxidation sites excluding steroid dienone is 2. The number of methoxy groups -OCH3 is 4. The fourth-order valence-electron chi connectivity index (χ4n) is 5.56. The Morgan fingerprint density at radius 3 is 2.33 bits per heavy atom. The second kappa shape index (κ2) is 11.9. The molecule has 2 aromatic rings. The number of aliphatic imine (C=N–C) groups is 1. The molecule has 0 N–H and O–H groups in total. The number of hydrogen-bond donors (Lipinski definition) is 0. The van der Waals surface area contributed by atoms with Gasteiger partial charge in [-0.1, -0.05) is 25.1 Å². The third-order valence-electron chi connectivity index (χ3n) is 7.68. The largest absolute Gasteiger partial charge is 0.493 e. The van der Waals surface area contributed by atoms with E-state index in [9.17, 15) is 9.59 Å². The Bertz CT molecular complexity index is 1310. The maximum atomic E-state index is 14.0. The van der Waals surface area contributed by atoms with Crippen LogP contribution in [0.3, 0.4) is 0 Å². The van der Waals surface area contributed by atoms with Crippen LogP contribution < -0.4 is 18.9 Å². The second-order valence-corrected chi connectivity index (χ2v) is 9.95. The number of esters is 1. The Kier molecular flexibility index (Phi) is 8.63. The predicted molar refractivity (Wildman–Crippen MR) is 148 cm³/mol. The van der Waals surface area contributed by atoms with Gasteiger partial charge in [-0.25, -0.2) is 0 Å². The van der Waals surface area contributed by atoms with E-state index in [1.165, 1.54) is 0 Å². The van der Waals surface area contributed by atoms with Gasteiger partial charge in [-0.2, -0.15) is 0 Å². The van der Waals surface area contributed by atoms with Gasteiger partial charge in [-0.3, -0.25) is 14.6 Å². The molecule has 0 fully saturated rings. The summed E-state index contributed by atoms with van der Waals surface area (Å²) in [5, 5.41) is 0. The summed E-state index contributed by atoms with van der Waals surface area (Å²) in [6, 6.07) is 11.2. The molecule has 8 heteroatoms. The molecule has 4 rings (SSSR count). The highest BCUT2D eigenvalue weighted by molar-refractivity contribution is 6.09. The number of nitrogens with zero attached hydrogens (tertiary/aromatic N) is 1. The number of carbonyl (C=O) groups excluding carboxylic acids is 2. The zero-order valence-corrected chi connectivity index (χ0v) is 23.7. The number of carbonyl (C=O) groups is 2. The molecule has 208 valence electrons. The molecule has 1 aliphatic heterocycles. The molecule has 8 nitrogen and oxygen atoms in total. The Hall–Kier alpha value is -3.81. The van der Waals surface area contributed by atoms with E-state index in [4.69, 9.17) is 28.7 Å². The van der Waals surface area contributed by atoms with E-state index in [0.29, 0.717) is 58.4 Å². The quantitative estimate of drug-likeness (QED) is 0.384. The number of hydrogen-bond acceptors (Lipinski definition) is 8. The first kappa shape index (κ1) is 28.2. The summed E-state index contributed by atoms with van der Waals surface area (Å²) in [6.45, 7) is 5.65. The Morgan fingerprint density at radius 1 is 0.974 bits per heavy atom. The van der Waals surface area contributed by atoms with Crippen molar-refractivity contribution in [2.45, 2.75) is 58.0 Å². The molecule has 1 unspecified atom stereocenters. The molecule has 2 aliphatic rings. The van der Waals surface area contributed by atoms with Crippen molar-refractivity contribution in [3.8, 4) is 23.0 Å². The molecule has 0 bridgehead atoms. The number of Topliss-reactive ketones (excluding diaryl/α,β-unsaturated/α-hetero) is 1. The van der Waals surface area contributed by atoms with Crippen LogP contribution in [0.5, 0.6) is 23.0 Å². The number of benzene rings is 2. The number of ether oxygens (including phenoxy) is 5. The van der Waals surface area contributed by atoms with Crippen LogP contribution in [0.25, 0.3) is 0 Å². The normalized spacial score (nSPS) is 21.5. The summed E-state index contributed by atoms with van der Waals surface area (Å²) in [5.74, 6) is 0.327. The van der Waals surface area contributed by atoms with Crippen LogP contribution in [0, 0.1) is 5.92 Å². The predicted octanol–water partition coefficient (Wildman–Crippen LogP) is 5.64. The molecule has 0 aromatic heterocycles. The minimum atomic E-state index is -0.764. The molecule has 0 spiro atoms. The molecular weight excluding hydrogens is 498 g/mol. The van der Waals surface area contributed by atoms with E-state index in [2.05, 4.69) is 0 Å². The van der Waals surface area contributed by atoms with Crippen molar-refractivity contribution in [2.75, 3.05) is 28.4 Å². The van der Waals surface area contributed by atoms with E-state index in [1.807, 2.05) is 51.1 Å². The van der Waals surface area contributed by atoms with Gasteiger partial charge in [-0.05, 0) is 56.4 Å². The molecule has 1 aliphatic carbocycles. The lowest BCUT2D eigenvalue weighted by atomic mass is 9.69. The first-order valence-corrected chi connectivity index (χ1v) is 13.2. The van der Waals surface area contributed by atoms with Crippen LogP contribution in [0.15, 0.2) is 52.7 Å². The van der Waals surface area contributed by atoms with Crippen LogP contribution >= 0.6 is 0 Å². The SMILES string of the molecule is CC[C@@H](C)OC(=O)C1C(C)=NC2=C(C(=O)C[C@H](c3ccc(OC)c(OC)c3)C2)[C@H]1c1cccc(OC)c1OC. The molecule has 2 aromatic carbocycles. The lowest BCUT2D eigenvalue weighted by Gasteiger charge is -2.37. The molecular formula is C31H37NO7. The first-order valence-electron chi connectivity index (χ1n) is 13.2. The number of ketones is 1. The lowest BCUT2D eigenvalue weighted by molar-refractivity contribution is -0.151. The third-order valence-corrected chi connectivity index (χ3v) is 7.68. The van der Waals surface area contributed by atoms with Gasteiger partial charge in [0.15, 0.2) is 28.8 Å². The van der Waals surface area contributed by atoms with Crippen LogP contribution in [0.2, 0.25) is 0 Å². The topological polar surface area (TPSA) is 92.7 Å². The van der Waals surface area contributed by atoms with Gasteiger partial charge in [0.25, 0.3) is 0 Å².